The molecule has 0 aliphatic rings. The van der Waals surface area contributed by atoms with Crippen LogP contribution in [-0.2, 0) is 11.3 Å². The summed E-state index contributed by atoms with van der Waals surface area (Å²) in [5.41, 5.74) is 5.48. The average Bonchev–Trinajstić information content (AvgIpc) is 2.90. The van der Waals surface area contributed by atoms with E-state index >= 15 is 0 Å². The minimum atomic E-state index is 0.403. The predicted molar refractivity (Wildman–Crippen MR) is 76.4 cm³/mol. The molecule has 0 amide bonds. The Bertz CT molecular complexity index is 225. The first-order valence-electron chi connectivity index (χ1n) is 6.77. The number of hydrogen-bond acceptors (Lipinski definition) is 4. The van der Waals surface area contributed by atoms with Crippen LogP contribution in [0.1, 0.15) is 47.0 Å². The van der Waals surface area contributed by atoms with Gasteiger partial charge >= 0.3 is 0 Å². The van der Waals surface area contributed by atoms with Gasteiger partial charge in [0.05, 0.1) is 6.61 Å². The minimum absolute atomic E-state index is 0.403. The van der Waals surface area contributed by atoms with Gasteiger partial charge in [-0.15, -0.1) is 10.2 Å². The topological polar surface area (TPSA) is 66.0 Å². The molecule has 0 fully saturated rings. The molecule has 1 aromatic rings. The molecule has 1 heterocycles. The van der Waals surface area contributed by atoms with E-state index in [0.717, 1.165) is 6.54 Å². The van der Waals surface area contributed by atoms with E-state index in [4.69, 9.17) is 10.5 Å². The second kappa shape index (κ2) is 16.1. The highest BCUT2D eigenvalue weighted by Crippen LogP contribution is 1.95. The average molecular weight is 258 g/mol. The molecule has 5 heteroatoms. The Morgan fingerprint density at radius 1 is 1.28 bits per heavy atom. The third-order valence-corrected chi connectivity index (χ3v) is 2.03. The van der Waals surface area contributed by atoms with Crippen LogP contribution in [0.3, 0.4) is 0 Å². The molecule has 0 spiro atoms. The molecular weight excluding hydrogens is 228 g/mol. The summed E-state index contributed by atoms with van der Waals surface area (Å²) < 4.78 is 6.70. The number of methoxy groups -OCH3 is 1. The summed E-state index contributed by atoms with van der Waals surface area (Å²) >= 11 is 0. The van der Waals surface area contributed by atoms with Gasteiger partial charge in [0.1, 0.15) is 12.7 Å². The molecule has 1 unspecified atom stereocenters. The van der Waals surface area contributed by atoms with Crippen LogP contribution in [-0.4, -0.2) is 34.5 Å². The molecule has 2 N–H and O–H groups in total. The van der Waals surface area contributed by atoms with Gasteiger partial charge in [-0.05, 0) is 13.3 Å². The molecule has 0 saturated carbocycles. The Balaban J connectivity index is 0. The van der Waals surface area contributed by atoms with Crippen LogP contribution in [0, 0.1) is 0 Å². The van der Waals surface area contributed by atoms with Crippen molar-refractivity contribution in [2.24, 2.45) is 5.73 Å². The lowest BCUT2D eigenvalue weighted by molar-refractivity contribution is 0.187. The third kappa shape index (κ3) is 15.1. The molecule has 0 saturated heterocycles. The third-order valence-electron chi connectivity index (χ3n) is 2.03. The second-order valence-electron chi connectivity index (χ2n) is 3.81. The maximum Gasteiger partial charge on any atom is 0.119 e. The van der Waals surface area contributed by atoms with Crippen molar-refractivity contribution in [1.29, 1.82) is 0 Å². The van der Waals surface area contributed by atoms with Gasteiger partial charge in [-0.2, -0.15) is 0 Å². The summed E-state index contributed by atoms with van der Waals surface area (Å²) in [6.07, 6.45) is 7.05. The van der Waals surface area contributed by atoms with Crippen LogP contribution in [0.15, 0.2) is 12.7 Å². The van der Waals surface area contributed by atoms with Crippen molar-refractivity contribution in [3.8, 4) is 0 Å². The quantitative estimate of drug-likeness (QED) is 0.851. The Labute approximate surface area is 112 Å². The SMILES string of the molecule is CC.CCCCC(C)N.COCCn1cnnc1. The maximum atomic E-state index is 5.48. The summed E-state index contributed by atoms with van der Waals surface area (Å²) in [6.45, 7) is 9.76. The van der Waals surface area contributed by atoms with Gasteiger partial charge in [0.25, 0.3) is 0 Å². The zero-order valence-corrected chi connectivity index (χ0v) is 12.6. The van der Waals surface area contributed by atoms with Crippen molar-refractivity contribution in [2.45, 2.75) is 59.5 Å². The largest absolute Gasteiger partial charge is 0.383 e. The fourth-order valence-corrected chi connectivity index (χ4v) is 1.06. The van der Waals surface area contributed by atoms with Crippen LogP contribution in [0.25, 0.3) is 0 Å². The highest BCUT2D eigenvalue weighted by molar-refractivity contribution is 4.58. The van der Waals surface area contributed by atoms with Gasteiger partial charge in [-0.1, -0.05) is 33.6 Å². The highest BCUT2D eigenvalue weighted by Gasteiger charge is 1.88. The lowest BCUT2D eigenvalue weighted by atomic mass is 10.2. The number of hydrogen-bond donors (Lipinski definition) is 1. The number of nitrogens with zero attached hydrogens (tertiary/aromatic N) is 3. The van der Waals surface area contributed by atoms with Gasteiger partial charge in [0.15, 0.2) is 0 Å². The molecule has 18 heavy (non-hydrogen) atoms. The lowest BCUT2D eigenvalue weighted by Gasteiger charge is -1.99. The Hall–Kier alpha value is -0.940. The van der Waals surface area contributed by atoms with Crippen molar-refractivity contribution in [3.63, 3.8) is 0 Å². The molecule has 0 aromatic carbocycles. The van der Waals surface area contributed by atoms with E-state index in [1.165, 1.54) is 19.3 Å². The molecule has 0 aliphatic heterocycles. The number of unbranched alkanes of at least 4 members (excludes halogenated alkanes) is 1. The minimum Gasteiger partial charge on any atom is -0.383 e. The molecule has 1 rings (SSSR count). The Morgan fingerprint density at radius 2 is 1.83 bits per heavy atom. The molecule has 0 aliphatic carbocycles. The van der Waals surface area contributed by atoms with Crippen molar-refractivity contribution < 1.29 is 4.74 Å². The molecule has 0 radical (unpaired) electrons. The first kappa shape index (κ1) is 19.4. The monoisotopic (exact) mass is 258 g/mol. The summed E-state index contributed by atoms with van der Waals surface area (Å²) in [7, 11) is 1.67. The van der Waals surface area contributed by atoms with Crippen LogP contribution in [0.5, 0.6) is 0 Å². The standard InChI is InChI=1S/C6H15N.C5H9N3O.C2H6/c1-3-4-5-6(2)7;1-9-3-2-8-4-6-7-5-8;1-2/h6H,3-5,7H2,1-2H3;4-5H,2-3H2,1H3;1-2H3. The molecule has 5 nitrogen and oxygen atoms in total. The molecule has 1 atom stereocenters. The first-order chi connectivity index (χ1) is 8.70. The summed E-state index contributed by atoms with van der Waals surface area (Å²) in [4.78, 5) is 0. The maximum absolute atomic E-state index is 5.48. The smallest absolute Gasteiger partial charge is 0.119 e. The van der Waals surface area contributed by atoms with Crippen molar-refractivity contribution in [2.75, 3.05) is 13.7 Å². The van der Waals surface area contributed by atoms with E-state index in [2.05, 4.69) is 24.0 Å². The summed E-state index contributed by atoms with van der Waals surface area (Å²) in [5, 5.41) is 7.26. The Kier molecular flexibility index (Phi) is 17.3. The zero-order valence-electron chi connectivity index (χ0n) is 12.6. The van der Waals surface area contributed by atoms with Gasteiger partial charge in [-0.25, -0.2) is 0 Å². The van der Waals surface area contributed by atoms with Crippen molar-refractivity contribution in [1.82, 2.24) is 14.8 Å². The highest BCUT2D eigenvalue weighted by atomic mass is 16.5. The lowest BCUT2D eigenvalue weighted by Crippen LogP contribution is -2.13. The van der Waals surface area contributed by atoms with Crippen LogP contribution < -0.4 is 5.73 Å². The fourth-order valence-electron chi connectivity index (χ4n) is 1.06. The number of ether oxygens (including phenoxy) is 1. The molecule has 1 aromatic heterocycles. The van der Waals surface area contributed by atoms with Crippen LogP contribution >= 0.6 is 0 Å². The van der Waals surface area contributed by atoms with Gasteiger partial charge in [0, 0.05) is 19.7 Å². The summed E-state index contributed by atoms with van der Waals surface area (Å²) in [6, 6.07) is 0.403. The van der Waals surface area contributed by atoms with E-state index in [9.17, 15) is 0 Å². The van der Waals surface area contributed by atoms with Crippen LogP contribution in [0.2, 0.25) is 0 Å². The van der Waals surface area contributed by atoms with E-state index in [-0.39, 0.29) is 0 Å². The van der Waals surface area contributed by atoms with Gasteiger partial charge < -0.3 is 15.0 Å². The van der Waals surface area contributed by atoms with E-state index in [1.807, 2.05) is 18.4 Å². The summed E-state index contributed by atoms with van der Waals surface area (Å²) in [5.74, 6) is 0. The second-order valence-corrected chi connectivity index (χ2v) is 3.81. The predicted octanol–water partition coefficient (Wildman–Crippen LogP) is 2.47. The number of aromatic nitrogens is 3. The van der Waals surface area contributed by atoms with Crippen molar-refractivity contribution in [3.05, 3.63) is 12.7 Å². The molecule has 108 valence electrons. The first-order valence-corrected chi connectivity index (χ1v) is 6.77. The number of nitrogens with two attached hydrogens (primary N) is 1. The van der Waals surface area contributed by atoms with Gasteiger partial charge in [0.2, 0.25) is 0 Å². The van der Waals surface area contributed by atoms with Crippen molar-refractivity contribution >= 4 is 0 Å². The number of rotatable bonds is 6. The van der Waals surface area contributed by atoms with Crippen LogP contribution in [0.4, 0.5) is 0 Å². The normalized spacial score (nSPS) is 10.8. The van der Waals surface area contributed by atoms with Gasteiger partial charge in [-0.3, -0.25) is 0 Å². The fraction of sp³-hybridized carbons (Fsp3) is 0.846. The zero-order chi connectivity index (χ0) is 14.2. The van der Waals surface area contributed by atoms with E-state index < -0.39 is 0 Å². The van der Waals surface area contributed by atoms with E-state index in [0.29, 0.717) is 12.6 Å². The Morgan fingerprint density at radius 3 is 2.17 bits per heavy atom. The molecule has 0 bridgehead atoms. The molecular formula is C13H30N4O. The van der Waals surface area contributed by atoms with E-state index in [1.54, 1.807) is 19.8 Å².